The molecule has 1 heterocycles. The molecule has 156 valence electrons. The lowest BCUT2D eigenvalue weighted by atomic mass is 9.62. The molecule has 1 aliphatic rings. The minimum atomic E-state index is -1.06. The first kappa shape index (κ1) is 20.6. The summed E-state index contributed by atoms with van der Waals surface area (Å²) in [5.41, 5.74) is 2.24. The van der Waals surface area contributed by atoms with Crippen LogP contribution < -0.4 is 4.74 Å². The highest BCUT2D eigenvalue weighted by Gasteiger charge is 2.55. The van der Waals surface area contributed by atoms with Crippen molar-refractivity contribution in [2.75, 3.05) is 14.2 Å². The average Bonchev–Trinajstić information content (AvgIpc) is 2.79. The third-order valence-corrected chi connectivity index (χ3v) is 7.03. The van der Waals surface area contributed by atoms with E-state index in [1.54, 1.807) is 7.11 Å². The lowest BCUT2D eigenvalue weighted by Crippen LogP contribution is -2.56. The number of rotatable bonds is 4. The van der Waals surface area contributed by atoms with Crippen LogP contribution in [-0.2, 0) is 5.60 Å². The Labute approximate surface area is 179 Å². The first-order valence-corrected chi connectivity index (χ1v) is 10.7. The molecule has 0 spiro atoms. The number of benzene rings is 3. The van der Waals surface area contributed by atoms with E-state index in [0.29, 0.717) is 0 Å². The van der Waals surface area contributed by atoms with Gasteiger partial charge in [-0.1, -0.05) is 92.7 Å². The predicted octanol–water partition coefficient (Wildman–Crippen LogP) is 5.58. The molecule has 1 fully saturated rings. The summed E-state index contributed by atoms with van der Waals surface area (Å²) in [6.45, 7) is 4.33. The Bertz CT molecular complexity index is 919. The summed E-state index contributed by atoms with van der Waals surface area (Å²) in [5.74, 6) is 0.647. The van der Waals surface area contributed by atoms with E-state index in [-0.39, 0.29) is 23.9 Å². The largest absolute Gasteiger partial charge is 0.496 e. The Morgan fingerprint density at radius 2 is 1.17 bits per heavy atom. The highest BCUT2D eigenvalue weighted by molar-refractivity contribution is 5.42. The Morgan fingerprint density at radius 3 is 1.63 bits per heavy atom. The van der Waals surface area contributed by atoms with Crippen LogP contribution in [0.4, 0.5) is 0 Å². The standard InChI is InChI=1S/C27H31NO2/c1-19-25(21-13-7-5-8-14-21)28(3)26(22-15-9-6-10-16-22)20(2)27(19,29)23-17-11-12-18-24(23)30-4/h5-20,25-26,29H,1-4H3/t19-,20+,25-,26+,27?. The van der Waals surface area contributed by atoms with Crippen LogP contribution >= 0.6 is 0 Å². The van der Waals surface area contributed by atoms with Crippen LogP contribution in [0.1, 0.15) is 42.6 Å². The summed E-state index contributed by atoms with van der Waals surface area (Å²) in [6, 6.07) is 29.1. The first-order chi connectivity index (χ1) is 14.5. The molecule has 1 aliphatic heterocycles. The fourth-order valence-electron chi connectivity index (χ4n) is 5.59. The Hall–Kier alpha value is -2.62. The number of ether oxygens (including phenoxy) is 1. The molecule has 30 heavy (non-hydrogen) atoms. The molecule has 0 aliphatic carbocycles. The predicted molar refractivity (Wildman–Crippen MR) is 121 cm³/mol. The van der Waals surface area contributed by atoms with Crippen LogP contribution in [0.15, 0.2) is 84.9 Å². The summed E-state index contributed by atoms with van der Waals surface area (Å²) in [4.78, 5) is 2.43. The summed E-state index contributed by atoms with van der Waals surface area (Å²) in [6.07, 6.45) is 0. The number of nitrogens with zero attached hydrogens (tertiary/aromatic N) is 1. The molecule has 1 saturated heterocycles. The van der Waals surface area contributed by atoms with Crippen molar-refractivity contribution in [3.8, 4) is 5.75 Å². The molecular weight excluding hydrogens is 370 g/mol. The lowest BCUT2D eigenvalue weighted by Gasteiger charge is -2.56. The Morgan fingerprint density at radius 1 is 0.733 bits per heavy atom. The van der Waals surface area contributed by atoms with Gasteiger partial charge in [0.2, 0.25) is 0 Å². The Balaban J connectivity index is 1.93. The van der Waals surface area contributed by atoms with E-state index in [1.807, 2.05) is 36.4 Å². The molecule has 3 aromatic rings. The van der Waals surface area contributed by atoms with Gasteiger partial charge in [-0.15, -0.1) is 0 Å². The lowest BCUT2D eigenvalue weighted by molar-refractivity contribution is -0.162. The fraction of sp³-hybridized carbons (Fsp3) is 0.333. The van der Waals surface area contributed by atoms with Crippen molar-refractivity contribution in [3.05, 3.63) is 102 Å². The van der Waals surface area contributed by atoms with Crippen LogP contribution in [0.25, 0.3) is 0 Å². The van der Waals surface area contributed by atoms with Crippen LogP contribution in [-0.4, -0.2) is 24.2 Å². The van der Waals surface area contributed by atoms with Gasteiger partial charge >= 0.3 is 0 Å². The monoisotopic (exact) mass is 401 g/mol. The van der Waals surface area contributed by atoms with Crippen LogP contribution in [0.3, 0.4) is 0 Å². The van der Waals surface area contributed by atoms with Gasteiger partial charge in [0.15, 0.2) is 0 Å². The highest BCUT2D eigenvalue weighted by Crippen LogP contribution is 2.57. The third-order valence-electron chi connectivity index (χ3n) is 7.03. The van der Waals surface area contributed by atoms with Gasteiger partial charge in [-0.3, -0.25) is 4.90 Å². The van der Waals surface area contributed by atoms with Gasteiger partial charge in [-0.05, 0) is 24.2 Å². The zero-order valence-electron chi connectivity index (χ0n) is 18.2. The molecule has 0 radical (unpaired) electrons. The zero-order valence-corrected chi connectivity index (χ0v) is 18.2. The normalized spacial score (nSPS) is 29.5. The molecule has 0 aromatic heterocycles. The van der Waals surface area contributed by atoms with Crippen LogP contribution in [0.2, 0.25) is 0 Å². The van der Waals surface area contributed by atoms with Crippen molar-refractivity contribution in [2.45, 2.75) is 31.5 Å². The maximum Gasteiger partial charge on any atom is 0.124 e. The summed E-state index contributed by atoms with van der Waals surface area (Å²) >= 11 is 0. The van der Waals surface area contributed by atoms with E-state index in [2.05, 4.69) is 74.3 Å². The van der Waals surface area contributed by atoms with E-state index in [0.717, 1.165) is 11.3 Å². The molecule has 0 saturated carbocycles. The second-order valence-electron chi connectivity index (χ2n) is 8.48. The SMILES string of the molecule is COc1ccccc1C1(O)[C@H](C)[C@H](c2ccccc2)N(C)[C@H](c2ccccc2)[C@@H]1C. The van der Waals surface area contributed by atoms with Gasteiger partial charge in [0.25, 0.3) is 0 Å². The molecule has 3 heteroatoms. The van der Waals surface area contributed by atoms with Gasteiger partial charge in [0.05, 0.1) is 7.11 Å². The second kappa shape index (κ2) is 8.25. The van der Waals surface area contributed by atoms with Gasteiger partial charge in [-0.2, -0.15) is 0 Å². The summed E-state index contributed by atoms with van der Waals surface area (Å²) < 4.78 is 5.70. The van der Waals surface area contributed by atoms with Crippen molar-refractivity contribution in [3.63, 3.8) is 0 Å². The molecule has 4 rings (SSSR count). The zero-order chi connectivity index (χ0) is 21.3. The Kier molecular flexibility index (Phi) is 5.68. The van der Waals surface area contributed by atoms with Gasteiger partial charge < -0.3 is 9.84 Å². The minimum absolute atomic E-state index is 0.0452. The number of likely N-dealkylation sites (tertiary alicyclic amines) is 1. The van der Waals surface area contributed by atoms with E-state index in [4.69, 9.17) is 4.74 Å². The van der Waals surface area contributed by atoms with Crippen LogP contribution in [0.5, 0.6) is 5.75 Å². The van der Waals surface area contributed by atoms with Gasteiger partial charge in [-0.25, -0.2) is 0 Å². The molecule has 5 atom stereocenters. The van der Waals surface area contributed by atoms with Crippen molar-refractivity contribution in [1.29, 1.82) is 0 Å². The summed E-state index contributed by atoms with van der Waals surface area (Å²) in [5, 5.41) is 12.5. The van der Waals surface area contributed by atoms with E-state index >= 15 is 0 Å². The molecule has 0 bridgehead atoms. The van der Waals surface area contributed by atoms with Gasteiger partial charge in [0.1, 0.15) is 11.4 Å². The number of hydrogen-bond acceptors (Lipinski definition) is 3. The smallest absolute Gasteiger partial charge is 0.124 e. The van der Waals surface area contributed by atoms with Gasteiger partial charge in [0, 0.05) is 29.5 Å². The van der Waals surface area contributed by atoms with Crippen molar-refractivity contribution in [2.24, 2.45) is 11.8 Å². The second-order valence-corrected chi connectivity index (χ2v) is 8.48. The number of methoxy groups -OCH3 is 1. The minimum Gasteiger partial charge on any atom is -0.496 e. The number of para-hydroxylation sites is 1. The average molecular weight is 402 g/mol. The molecule has 3 nitrogen and oxygen atoms in total. The first-order valence-electron chi connectivity index (χ1n) is 10.7. The third kappa shape index (κ3) is 3.23. The molecule has 3 aromatic carbocycles. The topological polar surface area (TPSA) is 32.7 Å². The molecule has 1 N–H and O–H groups in total. The number of piperidine rings is 1. The van der Waals surface area contributed by atoms with Crippen LogP contribution in [0, 0.1) is 11.8 Å². The van der Waals surface area contributed by atoms with E-state index in [9.17, 15) is 5.11 Å². The quantitative estimate of drug-likeness (QED) is 0.619. The maximum atomic E-state index is 12.5. The molecule has 1 unspecified atom stereocenters. The molecular formula is C27H31NO2. The van der Waals surface area contributed by atoms with E-state index in [1.165, 1.54) is 11.1 Å². The maximum absolute atomic E-state index is 12.5. The summed E-state index contributed by atoms with van der Waals surface area (Å²) in [7, 11) is 3.86. The number of hydrogen-bond donors (Lipinski definition) is 1. The van der Waals surface area contributed by atoms with Crippen molar-refractivity contribution < 1.29 is 9.84 Å². The fourth-order valence-corrected chi connectivity index (χ4v) is 5.59. The van der Waals surface area contributed by atoms with E-state index < -0.39 is 5.60 Å². The molecule has 0 amide bonds. The van der Waals surface area contributed by atoms with Crippen molar-refractivity contribution >= 4 is 0 Å². The van der Waals surface area contributed by atoms with Crippen molar-refractivity contribution in [1.82, 2.24) is 4.90 Å². The highest BCUT2D eigenvalue weighted by atomic mass is 16.5. The number of aliphatic hydroxyl groups is 1.